The molecule has 3 N–H and O–H groups in total. The van der Waals surface area contributed by atoms with E-state index in [0.29, 0.717) is 11.8 Å². The van der Waals surface area contributed by atoms with Crippen LogP contribution in [0.4, 0.5) is 0 Å². The number of nitrogens with zero attached hydrogens (tertiary/aromatic N) is 4. The highest BCUT2D eigenvalue weighted by atomic mass is 32.2. The standard InChI is InChI=1S/C10H18N6OS/c1-6(2)12-8(9(11)17)5-18-10-13-14-15-16(10)7-3-4-7/h6-8,12H,3-5H2,1-2H3,(H2,11,17). The third kappa shape index (κ3) is 3.42. The molecular weight excluding hydrogens is 252 g/mol. The third-order valence-electron chi connectivity index (χ3n) is 2.61. The van der Waals surface area contributed by atoms with Gasteiger partial charge in [0.2, 0.25) is 11.1 Å². The average molecular weight is 270 g/mol. The quantitative estimate of drug-likeness (QED) is 0.674. The zero-order valence-electron chi connectivity index (χ0n) is 10.5. The minimum atomic E-state index is -0.362. The third-order valence-corrected chi connectivity index (χ3v) is 3.64. The second kappa shape index (κ2) is 5.66. The first kappa shape index (κ1) is 13.3. The van der Waals surface area contributed by atoms with Crippen LogP contribution in [-0.2, 0) is 4.79 Å². The molecule has 100 valence electrons. The van der Waals surface area contributed by atoms with E-state index in [0.717, 1.165) is 18.0 Å². The minimum absolute atomic E-state index is 0.211. The van der Waals surface area contributed by atoms with Gasteiger partial charge in [0.1, 0.15) is 0 Å². The number of aromatic nitrogens is 4. The van der Waals surface area contributed by atoms with Crippen molar-refractivity contribution in [2.45, 2.75) is 50.0 Å². The largest absolute Gasteiger partial charge is 0.368 e. The number of rotatable bonds is 7. The van der Waals surface area contributed by atoms with Crippen molar-refractivity contribution in [1.82, 2.24) is 25.5 Å². The van der Waals surface area contributed by atoms with Gasteiger partial charge < -0.3 is 11.1 Å². The van der Waals surface area contributed by atoms with Crippen LogP contribution in [-0.4, -0.2) is 44.0 Å². The van der Waals surface area contributed by atoms with Crippen LogP contribution in [0.1, 0.15) is 32.7 Å². The lowest BCUT2D eigenvalue weighted by molar-refractivity contribution is -0.119. The van der Waals surface area contributed by atoms with Crippen molar-refractivity contribution in [2.75, 3.05) is 5.75 Å². The zero-order chi connectivity index (χ0) is 13.1. The summed E-state index contributed by atoms with van der Waals surface area (Å²) in [5.74, 6) is 0.197. The molecule has 2 rings (SSSR count). The summed E-state index contributed by atoms with van der Waals surface area (Å²) >= 11 is 1.46. The summed E-state index contributed by atoms with van der Waals surface area (Å²) in [4.78, 5) is 11.3. The number of carbonyl (C=O) groups is 1. The van der Waals surface area contributed by atoms with E-state index in [4.69, 9.17) is 5.73 Å². The molecule has 18 heavy (non-hydrogen) atoms. The molecule has 0 bridgehead atoms. The summed E-state index contributed by atoms with van der Waals surface area (Å²) < 4.78 is 1.83. The van der Waals surface area contributed by atoms with E-state index in [1.807, 2.05) is 18.5 Å². The highest BCUT2D eigenvalue weighted by Gasteiger charge is 2.28. The summed E-state index contributed by atoms with van der Waals surface area (Å²) in [6.07, 6.45) is 2.25. The molecule has 0 spiro atoms. The van der Waals surface area contributed by atoms with Gasteiger partial charge in [0, 0.05) is 11.8 Å². The number of hydrogen-bond acceptors (Lipinski definition) is 6. The summed E-state index contributed by atoms with van der Waals surface area (Å²) in [6, 6.07) is 0.287. The van der Waals surface area contributed by atoms with Gasteiger partial charge in [-0.25, -0.2) is 4.68 Å². The minimum Gasteiger partial charge on any atom is -0.368 e. The fourth-order valence-electron chi connectivity index (χ4n) is 1.60. The van der Waals surface area contributed by atoms with E-state index < -0.39 is 0 Å². The normalized spacial score (nSPS) is 17.1. The summed E-state index contributed by atoms with van der Waals surface area (Å²) in [7, 11) is 0. The maximum absolute atomic E-state index is 11.3. The predicted molar refractivity (Wildman–Crippen MR) is 68.1 cm³/mol. The highest BCUT2D eigenvalue weighted by Crippen LogP contribution is 2.36. The van der Waals surface area contributed by atoms with Crippen LogP contribution < -0.4 is 11.1 Å². The smallest absolute Gasteiger partial charge is 0.235 e. The molecule has 1 unspecified atom stereocenters. The Labute approximate surface area is 110 Å². The molecule has 0 radical (unpaired) electrons. The van der Waals surface area contributed by atoms with Crippen molar-refractivity contribution in [2.24, 2.45) is 5.73 Å². The second-order valence-electron chi connectivity index (χ2n) is 4.72. The van der Waals surface area contributed by atoms with Crippen molar-refractivity contribution >= 4 is 17.7 Å². The molecule has 1 aliphatic carbocycles. The van der Waals surface area contributed by atoms with Crippen molar-refractivity contribution in [3.05, 3.63) is 0 Å². The molecule has 8 heteroatoms. The molecule has 1 aromatic heterocycles. The Balaban J connectivity index is 1.91. The van der Waals surface area contributed by atoms with Crippen LogP contribution in [0, 0.1) is 0 Å². The SMILES string of the molecule is CC(C)NC(CSc1nnnn1C1CC1)C(N)=O. The highest BCUT2D eigenvalue weighted by molar-refractivity contribution is 7.99. The summed E-state index contributed by atoms with van der Waals surface area (Å²) in [5.41, 5.74) is 5.36. The monoisotopic (exact) mass is 270 g/mol. The van der Waals surface area contributed by atoms with E-state index in [2.05, 4.69) is 20.8 Å². The Hall–Kier alpha value is -1.15. The number of amides is 1. The van der Waals surface area contributed by atoms with Crippen LogP contribution in [0.5, 0.6) is 0 Å². The number of carbonyl (C=O) groups excluding carboxylic acids is 1. The summed E-state index contributed by atoms with van der Waals surface area (Å²) in [6.45, 7) is 3.96. The molecule has 1 saturated carbocycles. The van der Waals surface area contributed by atoms with E-state index in [1.54, 1.807) is 0 Å². The Morgan fingerprint density at radius 3 is 2.89 bits per heavy atom. The molecule has 7 nitrogen and oxygen atoms in total. The molecule has 1 atom stereocenters. The van der Waals surface area contributed by atoms with Gasteiger partial charge in [-0.2, -0.15) is 0 Å². The summed E-state index contributed by atoms with van der Waals surface area (Å²) in [5, 5.41) is 15.5. The van der Waals surface area contributed by atoms with Crippen molar-refractivity contribution in [1.29, 1.82) is 0 Å². The first-order valence-corrected chi connectivity index (χ1v) is 7.02. The van der Waals surface area contributed by atoms with Gasteiger partial charge in [-0.05, 0) is 23.3 Å². The Morgan fingerprint density at radius 2 is 2.33 bits per heavy atom. The average Bonchev–Trinajstić information content (AvgIpc) is 3.03. The Bertz CT molecular complexity index is 416. The number of tetrazole rings is 1. The van der Waals surface area contributed by atoms with E-state index >= 15 is 0 Å². The molecule has 1 amide bonds. The number of nitrogens with two attached hydrogens (primary N) is 1. The van der Waals surface area contributed by atoms with Gasteiger partial charge in [0.15, 0.2) is 0 Å². The van der Waals surface area contributed by atoms with Crippen LogP contribution in [0.15, 0.2) is 5.16 Å². The number of hydrogen-bond donors (Lipinski definition) is 2. The number of nitrogens with one attached hydrogen (secondary N) is 1. The van der Waals surface area contributed by atoms with Crippen molar-refractivity contribution < 1.29 is 4.79 Å². The molecule has 1 aliphatic rings. The molecule has 0 aromatic carbocycles. The van der Waals surface area contributed by atoms with E-state index in [-0.39, 0.29) is 18.0 Å². The van der Waals surface area contributed by atoms with Crippen LogP contribution in [0.3, 0.4) is 0 Å². The van der Waals surface area contributed by atoms with E-state index in [9.17, 15) is 4.79 Å². The fourth-order valence-corrected chi connectivity index (χ4v) is 2.59. The number of primary amides is 1. The Kier molecular flexibility index (Phi) is 4.18. The fraction of sp³-hybridized carbons (Fsp3) is 0.800. The molecule has 1 heterocycles. The van der Waals surface area contributed by atoms with Crippen LogP contribution >= 0.6 is 11.8 Å². The van der Waals surface area contributed by atoms with Gasteiger partial charge in [-0.15, -0.1) is 5.10 Å². The molecule has 0 aliphatic heterocycles. The van der Waals surface area contributed by atoms with Crippen LogP contribution in [0.2, 0.25) is 0 Å². The van der Waals surface area contributed by atoms with Gasteiger partial charge in [-0.1, -0.05) is 25.6 Å². The first-order chi connectivity index (χ1) is 8.58. The maximum Gasteiger partial charge on any atom is 0.235 e. The van der Waals surface area contributed by atoms with E-state index in [1.165, 1.54) is 11.8 Å². The Morgan fingerprint density at radius 1 is 1.61 bits per heavy atom. The maximum atomic E-state index is 11.3. The van der Waals surface area contributed by atoms with Gasteiger partial charge in [0.25, 0.3) is 0 Å². The van der Waals surface area contributed by atoms with Gasteiger partial charge in [-0.3, -0.25) is 4.79 Å². The van der Waals surface area contributed by atoms with Crippen molar-refractivity contribution in [3.8, 4) is 0 Å². The van der Waals surface area contributed by atoms with Crippen LogP contribution in [0.25, 0.3) is 0 Å². The van der Waals surface area contributed by atoms with Gasteiger partial charge >= 0.3 is 0 Å². The lowest BCUT2D eigenvalue weighted by Gasteiger charge is -2.17. The molecule has 1 aromatic rings. The molecular formula is C10H18N6OS. The molecule has 0 saturated heterocycles. The van der Waals surface area contributed by atoms with Gasteiger partial charge in [0.05, 0.1) is 12.1 Å². The zero-order valence-corrected chi connectivity index (χ0v) is 11.4. The lowest BCUT2D eigenvalue weighted by atomic mass is 10.3. The topological polar surface area (TPSA) is 98.7 Å². The second-order valence-corrected chi connectivity index (χ2v) is 5.71. The lowest BCUT2D eigenvalue weighted by Crippen LogP contribution is -2.46. The van der Waals surface area contributed by atoms with Crippen molar-refractivity contribution in [3.63, 3.8) is 0 Å². The number of thioether (sulfide) groups is 1. The first-order valence-electron chi connectivity index (χ1n) is 6.04. The predicted octanol–water partition coefficient (Wildman–Crippen LogP) is -0.0480. The molecule has 1 fully saturated rings.